The van der Waals surface area contributed by atoms with E-state index in [2.05, 4.69) is 36.2 Å². The van der Waals surface area contributed by atoms with Gasteiger partial charge in [-0.25, -0.2) is 0 Å². The molecular weight excluding hydrogens is 340 g/mol. The lowest BCUT2D eigenvalue weighted by atomic mass is 10.1. The van der Waals surface area contributed by atoms with Crippen molar-refractivity contribution < 1.29 is 14.3 Å². The van der Waals surface area contributed by atoms with Crippen LogP contribution in [0.25, 0.3) is 0 Å². The minimum absolute atomic E-state index is 0.171. The van der Waals surface area contributed by atoms with Gasteiger partial charge in [0, 0.05) is 17.8 Å². The molecule has 1 amide bonds. The van der Waals surface area contributed by atoms with Crippen LogP contribution in [0, 0.1) is 0 Å². The molecule has 0 saturated heterocycles. The Labute approximate surface area is 162 Å². The number of rotatable bonds is 10. The van der Waals surface area contributed by atoms with Crippen molar-refractivity contribution in [3.8, 4) is 11.5 Å². The number of anilines is 1. The molecule has 0 aromatic heterocycles. The molecule has 2 rings (SSSR count). The largest absolute Gasteiger partial charge is 0.490 e. The van der Waals surface area contributed by atoms with Gasteiger partial charge in [0.2, 0.25) is 0 Å². The summed E-state index contributed by atoms with van der Waals surface area (Å²) >= 11 is 0. The van der Waals surface area contributed by atoms with Crippen LogP contribution in [0.3, 0.4) is 0 Å². The Bertz CT molecular complexity index is 725. The third-order valence-electron chi connectivity index (χ3n) is 4.32. The molecule has 0 fully saturated rings. The van der Waals surface area contributed by atoms with Crippen LogP contribution in [0.1, 0.15) is 43.6 Å². The van der Waals surface area contributed by atoms with Gasteiger partial charge in [-0.15, -0.1) is 0 Å². The summed E-state index contributed by atoms with van der Waals surface area (Å²) in [5.74, 6) is 1.06. The maximum Gasteiger partial charge on any atom is 0.255 e. The van der Waals surface area contributed by atoms with E-state index < -0.39 is 0 Å². The highest BCUT2D eigenvalue weighted by Gasteiger charge is 2.12. The van der Waals surface area contributed by atoms with Gasteiger partial charge in [0.25, 0.3) is 5.91 Å². The fourth-order valence-corrected chi connectivity index (χ4v) is 2.79. The van der Waals surface area contributed by atoms with Gasteiger partial charge in [-0.1, -0.05) is 26.0 Å². The summed E-state index contributed by atoms with van der Waals surface area (Å²) in [6.07, 6.45) is 0. The van der Waals surface area contributed by atoms with Crippen molar-refractivity contribution in [2.75, 3.05) is 31.6 Å². The standard InChI is InChI=1S/C22H30N2O3/c1-5-24(6-2)16-17-9-12-19(13-10-17)23-22(25)18-11-14-20(26-7-3)21(15-18)27-8-4/h9-15H,5-8,16H2,1-4H3,(H,23,25). The smallest absolute Gasteiger partial charge is 0.255 e. The molecule has 0 radical (unpaired) electrons. The summed E-state index contributed by atoms with van der Waals surface area (Å²) in [6, 6.07) is 13.2. The van der Waals surface area contributed by atoms with Crippen LogP contribution in [-0.4, -0.2) is 37.1 Å². The zero-order valence-corrected chi connectivity index (χ0v) is 16.7. The Kier molecular flexibility index (Phi) is 8.14. The number of nitrogens with zero attached hydrogens (tertiary/aromatic N) is 1. The molecule has 0 saturated carbocycles. The summed E-state index contributed by atoms with van der Waals surface area (Å²) in [6.45, 7) is 12.2. The van der Waals surface area contributed by atoms with E-state index in [1.54, 1.807) is 18.2 Å². The normalized spacial score (nSPS) is 10.7. The maximum absolute atomic E-state index is 12.6. The quantitative estimate of drug-likeness (QED) is 0.665. The highest BCUT2D eigenvalue weighted by atomic mass is 16.5. The van der Waals surface area contributed by atoms with Gasteiger partial charge in [-0.05, 0) is 62.8 Å². The number of amides is 1. The first-order chi connectivity index (χ1) is 13.1. The van der Waals surface area contributed by atoms with Crippen LogP contribution in [-0.2, 0) is 6.54 Å². The van der Waals surface area contributed by atoms with E-state index in [1.807, 2.05) is 26.0 Å². The van der Waals surface area contributed by atoms with Crippen LogP contribution in [0.4, 0.5) is 5.69 Å². The second-order valence-corrected chi connectivity index (χ2v) is 6.14. The molecule has 27 heavy (non-hydrogen) atoms. The lowest BCUT2D eigenvalue weighted by molar-refractivity contribution is 0.102. The zero-order valence-electron chi connectivity index (χ0n) is 16.7. The maximum atomic E-state index is 12.6. The fraction of sp³-hybridized carbons (Fsp3) is 0.409. The molecule has 0 unspecified atom stereocenters. The summed E-state index contributed by atoms with van der Waals surface area (Å²) in [7, 11) is 0. The van der Waals surface area contributed by atoms with Gasteiger partial charge >= 0.3 is 0 Å². The molecule has 0 heterocycles. The number of nitrogens with one attached hydrogen (secondary N) is 1. The first-order valence-corrected chi connectivity index (χ1v) is 9.63. The molecule has 5 heteroatoms. The highest BCUT2D eigenvalue weighted by molar-refractivity contribution is 6.04. The summed E-state index contributed by atoms with van der Waals surface area (Å²) in [5, 5.41) is 2.94. The van der Waals surface area contributed by atoms with Crippen molar-refractivity contribution in [3.63, 3.8) is 0 Å². The molecule has 2 aromatic carbocycles. The Balaban J connectivity index is 2.07. The molecule has 0 aliphatic heterocycles. The first kappa shape index (κ1) is 20.8. The van der Waals surface area contributed by atoms with E-state index in [0.29, 0.717) is 30.3 Å². The number of carbonyl (C=O) groups excluding carboxylic acids is 1. The van der Waals surface area contributed by atoms with Crippen LogP contribution >= 0.6 is 0 Å². The minimum Gasteiger partial charge on any atom is -0.490 e. The predicted octanol–water partition coefficient (Wildman–Crippen LogP) is 4.58. The van der Waals surface area contributed by atoms with Crippen molar-refractivity contribution in [2.24, 2.45) is 0 Å². The Morgan fingerprint density at radius 1 is 0.889 bits per heavy atom. The van der Waals surface area contributed by atoms with E-state index in [4.69, 9.17) is 9.47 Å². The van der Waals surface area contributed by atoms with E-state index >= 15 is 0 Å². The third-order valence-corrected chi connectivity index (χ3v) is 4.32. The van der Waals surface area contributed by atoms with Crippen molar-refractivity contribution in [2.45, 2.75) is 34.2 Å². The SMILES string of the molecule is CCOc1ccc(C(=O)Nc2ccc(CN(CC)CC)cc2)cc1OCC. The number of hydrogen-bond acceptors (Lipinski definition) is 4. The topological polar surface area (TPSA) is 50.8 Å². The van der Waals surface area contributed by atoms with Crippen molar-refractivity contribution in [1.29, 1.82) is 0 Å². The molecule has 0 bridgehead atoms. The van der Waals surface area contributed by atoms with Crippen LogP contribution in [0.2, 0.25) is 0 Å². The molecule has 2 aromatic rings. The molecule has 0 aliphatic rings. The molecular formula is C22H30N2O3. The van der Waals surface area contributed by atoms with Crippen molar-refractivity contribution in [1.82, 2.24) is 4.90 Å². The number of ether oxygens (including phenoxy) is 2. The van der Waals surface area contributed by atoms with Crippen LogP contribution < -0.4 is 14.8 Å². The van der Waals surface area contributed by atoms with Crippen molar-refractivity contribution >= 4 is 11.6 Å². The predicted molar refractivity (Wildman–Crippen MR) is 110 cm³/mol. The molecule has 1 N–H and O–H groups in total. The van der Waals surface area contributed by atoms with E-state index in [0.717, 1.165) is 25.3 Å². The van der Waals surface area contributed by atoms with Gasteiger partial charge in [-0.3, -0.25) is 9.69 Å². The number of carbonyl (C=O) groups is 1. The van der Waals surface area contributed by atoms with E-state index in [9.17, 15) is 4.79 Å². The Morgan fingerprint density at radius 3 is 2.11 bits per heavy atom. The second kappa shape index (κ2) is 10.6. The summed E-state index contributed by atoms with van der Waals surface area (Å²) < 4.78 is 11.1. The summed E-state index contributed by atoms with van der Waals surface area (Å²) in [5.41, 5.74) is 2.54. The third kappa shape index (κ3) is 6.00. The Hall–Kier alpha value is -2.53. The molecule has 0 aliphatic carbocycles. The van der Waals surface area contributed by atoms with E-state index in [1.165, 1.54) is 5.56 Å². The second-order valence-electron chi connectivity index (χ2n) is 6.14. The highest BCUT2D eigenvalue weighted by Crippen LogP contribution is 2.29. The average Bonchev–Trinajstić information content (AvgIpc) is 2.69. The Morgan fingerprint density at radius 2 is 1.52 bits per heavy atom. The van der Waals surface area contributed by atoms with Gasteiger partial charge in [0.05, 0.1) is 13.2 Å². The molecule has 0 spiro atoms. The van der Waals surface area contributed by atoms with Crippen molar-refractivity contribution in [3.05, 3.63) is 53.6 Å². The number of hydrogen-bond donors (Lipinski definition) is 1. The van der Waals surface area contributed by atoms with E-state index in [-0.39, 0.29) is 5.91 Å². The van der Waals surface area contributed by atoms with Gasteiger partial charge in [0.1, 0.15) is 0 Å². The van der Waals surface area contributed by atoms with Gasteiger partial charge in [-0.2, -0.15) is 0 Å². The average molecular weight is 370 g/mol. The fourth-order valence-electron chi connectivity index (χ4n) is 2.79. The lowest BCUT2D eigenvalue weighted by Gasteiger charge is -2.18. The van der Waals surface area contributed by atoms with Crippen LogP contribution in [0.5, 0.6) is 11.5 Å². The van der Waals surface area contributed by atoms with Crippen LogP contribution in [0.15, 0.2) is 42.5 Å². The molecule has 0 atom stereocenters. The monoisotopic (exact) mass is 370 g/mol. The summed E-state index contributed by atoms with van der Waals surface area (Å²) in [4.78, 5) is 14.9. The minimum atomic E-state index is -0.171. The lowest BCUT2D eigenvalue weighted by Crippen LogP contribution is -2.22. The first-order valence-electron chi connectivity index (χ1n) is 9.63. The molecule has 5 nitrogen and oxygen atoms in total. The molecule has 146 valence electrons. The number of benzene rings is 2. The van der Waals surface area contributed by atoms with Gasteiger partial charge in [0.15, 0.2) is 11.5 Å². The van der Waals surface area contributed by atoms with Gasteiger partial charge < -0.3 is 14.8 Å². The zero-order chi connectivity index (χ0) is 19.6.